The standard InChI is InChI=1S/C18H10F5O3P/c19-13-14(20)16(22)18(17(23)15(13)21)27(24,25-11-7-3-1-4-8-11)26-12-9-5-2-6-10-12/h1-10H. The van der Waals surface area contributed by atoms with Gasteiger partial charge >= 0.3 is 7.60 Å². The topological polar surface area (TPSA) is 35.5 Å². The molecule has 0 aliphatic heterocycles. The fraction of sp³-hybridized carbons (Fsp3) is 0. The van der Waals surface area contributed by atoms with Crippen molar-refractivity contribution in [1.29, 1.82) is 0 Å². The van der Waals surface area contributed by atoms with Crippen LogP contribution in [0.3, 0.4) is 0 Å². The number of hydrogen-bond acceptors (Lipinski definition) is 3. The first-order chi connectivity index (χ1) is 12.8. The Balaban J connectivity index is 2.20. The zero-order chi connectivity index (χ0) is 19.6. The molecule has 0 heterocycles. The molecule has 0 aliphatic rings. The second-order valence-corrected chi connectivity index (χ2v) is 7.03. The Kier molecular flexibility index (Phi) is 5.19. The molecule has 140 valence electrons. The van der Waals surface area contributed by atoms with E-state index in [4.69, 9.17) is 9.05 Å². The second-order valence-electron chi connectivity index (χ2n) is 5.22. The normalized spacial score (nSPS) is 11.3. The molecule has 0 radical (unpaired) electrons. The number of benzene rings is 3. The van der Waals surface area contributed by atoms with Crippen molar-refractivity contribution >= 4 is 12.9 Å². The summed E-state index contributed by atoms with van der Waals surface area (Å²) in [7, 11) is -5.06. The van der Waals surface area contributed by atoms with Crippen LogP contribution in [-0.2, 0) is 4.57 Å². The molecule has 0 spiro atoms. The van der Waals surface area contributed by atoms with Gasteiger partial charge in [-0.3, -0.25) is 0 Å². The maximum atomic E-state index is 14.3. The van der Waals surface area contributed by atoms with Crippen LogP contribution < -0.4 is 14.4 Å². The first-order valence-electron chi connectivity index (χ1n) is 7.45. The molecule has 0 unspecified atom stereocenters. The van der Waals surface area contributed by atoms with Crippen molar-refractivity contribution in [2.45, 2.75) is 0 Å². The summed E-state index contributed by atoms with van der Waals surface area (Å²) in [4.78, 5) is 0. The molecule has 3 aromatic carbocycles. The van der Waals surface area contributed by atoms with E-state index in [1.807, 2.05) is 0 Å². The van der Waals surface area contributed by atoms with Crippen molar-refractivity contribution in [3.05, 3.63) is 89.7 Å². The molecule has 0 atom stereocenters. The molecule has 0 saturated heterocycles. The zero-order valence-corrected chi connectivity index (χ0v) is 14.2. The van der Waals surface area contributed by atoms with E-state index in [9.17, 15) is 26.5 Å². The smallest absolute Gasteiger partial charge is 0.413 e. The summed E-state index contributed by atoms with van der Waals surface area (Å²) in [5.41, 5.74) is 0. The van der Waals surface area contributed by atoms with Crippen LogP contribution in [0, 0.1) is 29.1 Å². The Morgan fingerprint density at radius 1 is 0.556 bits per heavy atom. The summed E-state index contributed by atoms with van der Waals surface area (Å²) in [6.45, 7) is 0. The number of hydrogen-bond donors (Lipinski definition) is 0. The van der Waals surface area contributed by atoms with Crippen LogP contribution >= 0.6 is 7.60 Å². The Bertz CT molecular complexity index is 938. The van der Waals surface area contributed by atoms with Gasteiger partial charge in [0.15, 0.2) is 28.6 Å². The van der Waals surface area contributed by atoms with Gasteiger partial charge in [-0.05, 0) is 24.3 Å². The van der Waals surface area contributed by atoms with E-state index in [0.717, 1.165) is 0 Å². The van der Waals surface area contributed by atoms with Gasteiger partial charge in [0.2, 0.25) is 5.82 Å². The van der Waals surface area contributed by atoms with E-state index in [1.165, 1.54) is 48.5 Å². The van der Waals surface area contributed by atoms with E-state index >= 15 is 0 Å². The van der Waals surface area contributed by atoms with Crippen LogP contribution in [0.15, 0.2) is 60.7 Å². The van der Waals surface area contributed by atoms with Gasteiger partial charge < -0.3 is 9.05 Å². The van der Waals surface area contributed by atoms with E-state index in [1.54, 1.807) is 12.1 Å². The van der Waals surface area contributed by atoms with Gasteiger partial charge in [0.05, 0.1) is 0 Å². The lowest BCUT2D eigenvalue weighted by Crippen LogP contribution is -2.26. The summed E-state index contributed by atoms with van der Waals surface area (Å²) in [5.74, 6) is -11.8. The molecule has 0 aliphatic carbocycles. The van der Waals surface area contributed by atoms with Crippen molar-refractivity contribution < 1.29 is 35.6 Å². The zero-order valence-electron chi connectivity index (χ0n) is 13.3. The summed E-state index contributed by atoms with van der Waals surface area (Å²) in [5, 5.41) is -1.67. The van der Waals surface area contributed by atoms with Crippen LogP contribution in [0.2, 0.25) is 0 Å². The van der Waals surface area contributed by atoms with Crippen LogP contribution in [-0.4, -0.2) is 0 Å². The molecule has 0 saturated carbocycles. The molecule has 3 nitrogen and oxygen atoms in total. The summed E-state index contributed by atoms with van der Waals surface area (Å²) in [6.07, 6.45) is 0. The van der Waals surface area contributed by atoms with Gasteiger partial charge in [0.1, 0.15) is 11.5 Å². The van der Waals surface area contributed by atoms with Crippen LogP contribution in [0.25, 0.3) is 0 Å². The Labute approximate surface area is 150 Å². The lowest BCUT2D eigenvalue weighted by atomic mass is 10.3. The molecule has 0 N–H and O–H groups in total. The summed E-state index contributed by atoms with van der Waals surface area (Å²) < 4.78 is 92.5. The monoisotopic (exact) mass is 400 g/mol. The van der Waals surface area contributed by atoms with Crippen LogP contribution in [0.4, 0.5) is 22.0 Å². The molecule has 0 bridgehead atoms. The lowest BCUT2D eigenvalue weighted by Gasteiger charge is -2.21. The van der Waals surface area contributed by atoms with Gasteiger partial charge in [0.25, 0.3) is 0 Å². The highest BCUT2D eigenvalue weighted by atomic mass is 31.2. The van der Waals surface area contributed by atoms with E-state index in [2.05, 4.69) is 0 Å². The highest BCUT2D eigenvalue weighted by molar-refractivity contribution is 7.63. The predicted octanol–water partition coefficient (Wildman–Crippen LogP) is 5.36. The molecular weight excluding hydrogens is 390 g/mol. The Hall–Kier alpha value is -2.86. The van der Waals surface area contributed by atoms with Gasteiger partial charge in [0, 0.05) is 0 Å². The molecule has 0 aromatic heterocycles. The van der Waals surface area contributed by atoms with Crippen molar-refractivity contribution in [2.75, 3.05) is 0 Å². The fourth-order valence-corrected chi connectivity index (χ4v) is 3.88. The van der Waals surface area contributed by atoms with Crippen LogP contribution in [0.5, 0.6) is 11.5 Å². The summed E-state index contributed by atoms with van der Waals surface area (Å²) in [6, 6.07) is 14.1. The van der Waals surface area contributed by atoms with Gasteiger partial charge in [-0.15, -0.1) is 0 Å². The molecular formula is C18H10F5O3P. The third kappa shape index (κ3) is 3.66. The second kappa shape index (κ2) is 7.40. The maximum absolute atomic E-state index is 14.3. The molecule has 9 heteroatoms. The van der Waals surface area contributed by atoms with Gasteiger partial charge in [-0.25, -0.2) is 26.5 Å². The van der Waals surface area contributed by atoms with Crippen LogP contribution in [0.1, 0.15) is 0 Å². The van der Waals surface area contributed by atoms with Crippen molar-refractivity contribution in [1.82, 2.24) is 0 Å². The van der Waals surface area contributed by atoms with E-state index < -0.39 is 42.0 Å². The first-order valence-corrected chi connectivity index (χ1v) is 8.99. The highest BCUT2D eigenvalue weighted by Gasteiger charge is 2.42. The number of halogens is 5. The van der Waals surface area contributed by atoms with Gasteiger partial charge in [-0.2, -0.15) is 0 Å². The minimum atomic E-state index is -5.06. The van der Waals surface area contributed by atoms with E-state index in [0.29, 0.717) is 0 Å². The highest BCUT2D eigenvalue weighted by Crippen LogP contribution is 2.49. The van der Waals surface area contributed by atoms with Gasteiger partial charge in [-0.1, -0.05) is 36.4 Å². The van der Waals surface area contributed by atoms with Crippen molar-refractivity contribution in [3.8, 4) is 11.5 Å². The average molecular weight is 400 g/mol. The number of rotatable bonds is 5. The largest absolute Gasteiger partial charge is 0.469 e. The average Bonchev–Trinajstić information content (AvgIpc) is 2.66. The molecule has 0 fully saturated rings. The maximum Gasteiger partial charge on any atom is 0.469 e. The third-order valence-electron chi connectivity index (χ3n) is 3.40. The minimum absolute atomic E-state index is 0.152. The SMILES string of the molecule is O=P(Oc1ccccc1)(Oc1ccccc1)c1c(F)c(F)c(F)c(F)c1F. The quantitative estimate of drug-likeness (QED) is 0.250. The molecule has 3 aromatic rings. The Morgan fingerprint density at radius 3 is 1.26 bits per heavy atom. The number of para-hydroxylation sites is 2. The summed E-state index contributed by atoms with van der Waals surface area (Å²) >= 11 is 0. The minimum Gasteiger partial charge on any atom is -0.413 e. The lowest BCUT2D eigenvalue weighted by molar-refractivity contribution is 0.369. The van der Waals surface area contributed by atoms with Crippen molar-refractivity contribution in [3.63, 3.8) is 0 Å². The predicted molar refractivity (Wildman–Crippen MR) is 87.6 cm³/mol. The molecule has 3 rings (SSSR count). The van der Waals surface area contributed by atoms with Crippen molar-refractivity contribution in [2.24, 2.45) is 0 Å². The third-order valence-corrected chi connectivity index (χ3v) is 5.24. The fourth-order valence-electron chi connectivity index (χ4n) is 2.18. The first kappa shape index (κ1) is 18.9. The Morgan fingerprint density at radius 2 is 0.889 bits per heavy atom. The molecule has 0 amide bonds. The molecule has 27 heavy (non-hydrogen) atoms. The van der Waals surface area contributed by atoms with E-state index in [-0.39, 0.29) is 11.5 Å².